The molecule has 0 heterocycles. The SMILES string of the molecule is N#Cc1ccc(NCc2ccc(Br)cc2)cc1. The standard InChI is InChI=1S/C14H11BrN2/c15-13-5-1-12(2-6-13)10-17-14-7-3-11(9-16)4-8-14/h1-8,17H,10H2. The lowest BCUT2D eigenvalue weighted by atomic mass is 10.2. The van der Waals surface area contributed by atoms with E-state index in [9.17, 15) is 0 Å². The quantitative estimate of drug-likeness (QED) is 0.928. The average Bonchev–Trinajstić information content (AvgIpc) is 2.39. The van der Waals surface area contributed by atoms with Gasteiger partial charge in [-0.25, -0.2) is 0 Å². The van der Waals surface area contributed by atoms with E-state index < -0.39 is 0 Å². The zero-order valence-corrected chi connectivity index (χ0v) is 10.7. The fourth-order valence-corrected chi connectivity index (χ4v) is 1.73. The number of halogens is 1. The Morgan fingerprint density at radius 2 is 1.65 bits per heavy atom. The van der Waals surface area contributed by atoms with Crippen LogP contribution in [0.4, 0.5) is 5.69 Å². The topological polar surface area (TPSA) is 35.8 Å². The van der Waals surface area contributed by atoms with Gasteiger partial charge in [0.1, 0.15) is 0 Å². The van der Waals surface area contributed by atoms with E-state index in [1.54, 1.807) is 0 Å². The number of hydrogen-bond acceptors (Lipinski definition) is 2. The maximum Gasteiger partial charge on any atom is 0.0991 e. The van der Waals surface area contributed by atoms with Crippen LogP contribution in [-0.4, -0.2) is 0 Å². The number of nitrogens with zero attached hydrogens (tertiary/aromatic N) is 1. The van der Waals surface area contributed by atoms with Crippen molar-refractivity contribution in [1.82, 2.24) is 0 Å². The van der Waals surface area contributed by atoms with Crippen LogP contribution in [-0.2, 0) is 6.54 Å². The Morgan fingerprint density at radius 1 is 1.00 bits per heavy atom. The van der Waals surface area contributed by atoms with Crippen molar-refractivity contribution in [3.8, 4) is 6.07 Å². The fourth-order valence-electron chi connectivity index (χ4n) is 1.47. The molecule has 0 aliphatic carbocycles. The van der Waals surface area contributed by atoms with Crippen molar-refractivity contribution < 1.29 is 0 Å². The van der Waals surface area contributed by atoms with Gasteiger partial charge in [0, 0.05) is 16.7 Å². The molecule has 2 rings (SSSR count). The summed E-state index contributed by atoms with van der Waals surface area (Å²) in [6.45, 7) is 0.777. The van der Waals surface area contributed by atoms with E-state index in [0.29, 0.717) is 5.56 Å². The van der Waals surface area contributed by atoms with Gasteiger partial charge in [0.15, 0.2) is 0 Å². The van der Waals surface area contributed by atoms with E-state index in [-0.39, 0.29) is 0 Å². The van der Waals surface area contributed by atoms with E-state index in [1.807, 2.05) is 36.4 Å². The molecule has 3 heteroatoms. The molecule has 0 bridgehead atoms. The molecule has 0 aromatic heterocycles. The Bertz CT molecular complexity index is 524. The molecule has 84 valence electrons. The first kappa shape index (κ1) is 11.7. The number of hydrogen-bond donors (Lipinski definition) is 1. The molecule has 2 aromatic rings. The van der Waals surface area contributed by atoms with Crippen LogP contribution >= 0.6 is 15.9 Å². The van der Waals surface area contributed by atoms with Gasteiger partial charge in [-0.05, 0) is 42.0 Å². The van der Waals surface area contributed by atoms with Crippen molar-refractivity contribution >= 4 is 21.6 Å². The van der Waals surface area contributed by atoms with Crippen LogP contribution < -0.4 is 5.32 Å². The third kappa shape index (κ3) is 3.33. The van der Waals surface area contributed by atoms with Crippen LogP contribution in [0.1, 0.15) is 11.1 Å². The first-order valence-corrected chi connectivity index (χ1v) is 6.06. The van der Waals surface area contributed by atoms with Crippen molar-refractivity contribution in [3.05, 3.63) is 64.1 Å². The molecule has 0 atom stereocenters. The molecular weight excluding hydrogens is 276 g/mol. The number of benzene rings is 2. The van der Waals surface area contributed by atoms with Gasteiger partial charge < -0.3 is 5.32 Å². The van der Waals surface area contributed by atoms with Gasteiger partial charge in [0.05, 0.1) is 11.6 Å². The summed E-state index contributed by atoms with van der Waals surface area (Å²) in [5.41, 5.74) is 2.92. The van der Waals surface area contributed by atoms with E-state index in [0.717, 1.165) is 16.7 Å². The van der Waals surface area contributed by atoms with Crippen LogP contribution in [0.15, 0.2) is 53.0 Å². The number of nitriles is 1. The van der Waals surface area contributed by atoms with E-state index in [4.69, 9.17) is 5.26 Å². The number of nitrogens with one attached hydrogen (secondary N) is 1. The van der Waals surface area contributed by atoms with Gasteiger partial charge in [-0.2, -0.15) is 5.26 Å². The van der Waals surface area contributed by atoms with Crippen molar-refractivity contribution in [2.75, 3.05) is 5.32 Å². The summed E-state index contributed by atoms with van der Waals surface area (Å²) in [6.07, 6.45) is 0. The third-order valence-corrected chi connectivity index (χ3v) is 2.95. The lowest BCUT2D eigenvalue weighted by Crippen LogP contribution is -1.98. The predicted molar refractivity (Wildman–Crippen MR) is 72.6 cm³/mol. The van der Waals surface area contributed by atoms with Crippen LogP contribution in [0.25, 0.3) is 0 Å². The largest absolute Gasteiger partial charge is 0.381 e. The molecular formula is C14H11BrN2. The first-order chi connectivity index (χ1) is 8.28. The molecule has 0 aliphatic rings. The second-order valence-electron chi connectivity index (χ2n) is 3.67. The highest BCUT2D eigenvalue weighted by molar-refractivity contribution is 9.10. The molecule has 0 saturated carbocycles. The maximum absolute atomic E-state index is 8.69. The zero-order valence-electron chi connectivity index (χ0n) is 9.15. The smallest absolute Gasteiger partial charge is 0.0991 e. The highest BCUT2D eigenvalue weighted by Gasteiger charge is 1.95. The molecule has 0 spiro atoms. The molecule has 2 nitrogen and oxygen atoms in total. The van der Waals surface area contributed by atoms with Gasteiger partial charge in [-0.15, -0.1) is 0 Å². The lowest BCUT2D eigenvalue weighted by molar-refractivity contribution is 1.15. The van der Waals surface area contributed by atoms with Crippen LogP contribution in [0.2, 0.25) is 0 Å². The molecule has 0 amide bonds. The molecule has 0 fully saturated rings. The molecule has 0 aliphatic heterocycles. The molecule has 0 saturated heterocycles. The molecule has 0 radical (unpaired) electrons. The average molecular weight is 287 g/mol. The number of anilines is 1. The summed E-state index contributed by atoms with van der Waals surface area (Å²) < 4.78 is 1.08. The highest BCUT2D eigenvalue weighted by Crippen LogP contribution is 2.13. The van der Waals surface area contributed by atoms with Crippen LogP contribution in [0.5, 0.6) is 0 Å². The van der Waals surface area contributed by atoms with E-state index in [1.165, 1.54) is 5.56 Å². The van der Waals surface area contributed by atoms with Crippen molar-refractivity contribution in [1.29, 1.82) is 5.26 Å². The summed E-state index contributed by atoms with van der Waals surface area (Å²) >= 11 is 3.41. The normalized spacial score (nSPS) is 9.65. The second kappa shape index (κ2) is 5.51. The minimum Gasteiger partial charge on any atom is -0.381 e. The Balaban J connectivity index is 1.98. The van der Waals surface area contributed by atoms with Crippen molar-refractivity contribution in [3.63, 3.8) is 0 Å². The van der Waals surface area contributed by atoms with Crippen LogP contribution in [0, 0.1) is 11.3 Å². The Labute approximate surface area is 109 Å². The maximum atomic E-state index is 8.69. The zero-order chi connectivity index (χ0) is 12.1. The second-order valence-corrected chi connectivity index (χ2v) is 4.58. The summed E-state index contributed by atoms with van der Waals surface area (Å²) in [7, 11) is 0. The monoisotopic (exact) mass is 286 g/mol. The number of rotatable bonds is 3. The molecule has 0 unspecified atom stereocenters. The predicted octanol–water partition coefficient (Wildman–Crippen LogP) is 3.93. The fraction of sp³-hybridized carbons (Fsp3) is 0.0714. The van der Waals surface area contributed by atoms with Crippen molar-refractivity contribution in [2.24, 2.45) is 0 Å². The lowest BCUT2D eigenvalue weighted by Gasteiger charge is -2.06. The molecule has 17 heavy (non-hydrogen) atoms. The minimum absolute atomic E-state index is 0.680. The molecule has 1 N–H and O–H groups in total. The van der Waals surface area contributed by atoms with Gasteiger partial charge in [0.25, 0.3) is 0 Å². The Kier molecular flexibility index (Phi) is 3.79. The Morgan fingerprint density at radius 3 is 2.24 bits per heavy atom. The Hall–Kier alpha value is -1.79. The van der Waals surface area contributed by atoms with Gasteiger partial charge in [-0.3, -0.25) is 0 Å². The van der Waals surface area contributed by atoms with Gasteiger partial charge >= 0.3 is 0 Å². The summed E-state index contributed by atoms with van der Waals surface area (Å²) in [5, 5.41) is 12.0. The van der Waals surface area contributed by atoms with E-state index in [2.05, 4.69) is 39.4 Å². The molecule has 2 aromatic carbocycles. The van der Waals surface area contributed by atoms with Gasteiger partial charge in [-0.1, -0.05) is 28.1 Å². The first-order valence-electron chi connectivity index (χ1n) is 5.26. The van der Waals surface area contributed by atoms with Crippen LogP contribution in [0.3, 0.4) is 0 Å². The van der Waals surface area contributed by atoms with Crippen molar-refractivity contribution in [2.45, 2.75) is 6.54 Å². The summed E-state index contributed by atoms with van der Waals surface area (Å²) in [5.74, 6) is 0. The minimum atomic E-state index is 0.680. The van der Waals surface area contributed by atoms with Gasteiger partial charge in [0.2, 0.25) is 0 Å². The third-order valence-electron chi connectivity index (χ3n) is 2.42. The summed E-state index contributed by atoms with van der Waals surface area (Å²) in [4.78, 5) is 0. The summed E-state index contributed by atoms with van der Waals surface area (Å²) in [6, 6.07) is 17.7. The van der Waals surface area contributed by atoms with E-state index >= 15 is 0 Å². The highest BCUT2D eigenvalue weighted by atomic mass is 79.9.